The lowest BCUT2D eigenvalue weighted by Gasteiger charge is -2.20. The topological polar surface area (TPSA) is 66.5 Å². The standard InChI is InChI=1S/C22H29N5.HI/c1-16-13-17(14-21(25-16)27-11-4-5-12-27)15-24-22(23)26-20-10-6-8-18-7-2-3-9-19(18)20;/h6,8,10,13-14H,2-5,7,9,11-12,15H2,1H3,(H3,23,24,26);1H. The molecule has 6 heteroatoms. The molecule has 0 saturated carbocycles. The maximum absolute atomic E-state index is 6.20. The molecule has 3 N–H and O–H groups in total. The highest BCUT2D eigenvalue weighted by Crippen LogP contribution is 2.27. The van der Waals surface area contributed by atoms with Crippen LogP contribution in [0, 0.1) is 6.92 Å². The molecule has 2 aliphatic rings. The lowest BCUT2D eigenvalue weighted by Crippen LogP contribution is -2.24. The summed E-state index contributed by atoms with van der Waals surface area (Å²) < 4.78 is 0. The molecule has 1 saturated heterocycles. The monoisotopic (exact) mass is 491 g/mol. The van der Waals surface area contributed by atoms with Gasteiger partial charge < -0.3 is 16.0 Å². The van der Waals surface area contributed by atoms with Gasteiger partial charge in [-0.3, -0.25) is 0 Å². The number of fused-ring (bicyclic) bond motifs is 1. The number of anilines is 2. The molecule has 1 aliphatic heterocycles. The number of halogens is 1. The molecule has 1 aromatic carbocycles. The second-order valence-corrected chi connectivity index (χ2v) is 7.65. The summed E-state index contributed by atoms with van der Waals surface area (Å²) in [5.74, 6) is 1.55. The van der Waals surface area contributed by atoms with E-state index in [1.165, 1.54) is 36.8 Å². The summed E-state index contributed by atoms with van der Waals surface area (Å²) in [6.45, 7) is 4.81. The zero-order valence-corrected chi connectivity index (χ0v) is 18.9. The van der Waals surface area contributed by atoms with E-state index >= 15 is 0 Å². The molecule has 0 bridgehead atoms. The Morgan fingerprint density at radius 1 is 1.14 bits per heavy atom. The SMILES string of the molecule is Cc1cc(CN=C(N)Nc2cccc3c2CCCC3)cc(N2CCCC2)n1.I. The summed E-state index contributed by atoms with van der Waals surface area (Å²) in [7, 11) is 0. The number of pyridine rings is 1. The van der Waals surface area contributed by atoms with Gasteiger partial charge in [-0.15, -0.1) is 24.0 Å². The second kappa shape index (κ2) is 9.58. The first-order chi connectivity index (χ1) is 13.2. The van der Waals surface area contributed by atoms with Gasteiger partial charge in [-0.05, 0) is 80.3 Å². The van der Waals surface area contributed by atoms with Crippen molar-refractivity contribution < 1.29 is 0 Å². The van der Waals surface area contributed by atoms with E-state index in [4.69, 9.17) is 5.73 Å². The third kappa shape index (κ3) is 4.96. The summed E-state index contributed by atoms with van der Waals surface area (Å²) in [5.41, 5.74) is 12.3. The largest absolute Gasteiger partial charge is 0.370 e. The van der Waals surface area contributed by atoms with Crippen molar-refractivity contribution in [2.45, 2.75) is 52.0 Å². The predicted molar refractivity (Wildman–Crippen MR) is 128 cm³/mol. The molecule has 0 spiro atoms. The molecule has 1 fully saturated rings. The highest BCUT2D eigenvalue weighted by Gasteiger charge is 2.15. The molecule has 2 aromatic rings. The molecule has 150 valence electrons. The Bertz CT molecular complexity index is 843. The number of hydrogen-bond acceptors (Lipinski definition) is 3. The van der Waals surface area contributed by atoms with Gasteiger partial charge in [0, 0.05) is 24.5 Å². The summed E-state index contributed by atoms with van der Waals surface area (Å²) in [4.78, 5) is 11.6. The van der Waals surface area contributed by atoms with Crippen molar-refractivity contribution in [3.8, 4) is 0 Å². The normalized spacial score (nSPS) is 16.5. The minimum Gasteiger partial charge on any atom is -0.370 e. The van der Waals surface area contributed by atoms with Crippen LogP contribution in [0.3, 0.4) is 0 Å². The number of aryl methyl sites for hydroxylation is 2. The van der Waals surface area contributed by atoms with E-state index in [0.717, 1.165) is 48.7 Å². The fourth-order valence-electron chi connectivity index (χ4n) is 4.17. The Balaban J connectivity index is 0.00000225. The molecule has 0 atom stereocenters. The van der Waals surface area contributed by atoms with Gasteiger partial charge in [0.15, 0.2) is 5.96 Å². The molecule has 0 amide bonds. The number of aliphatic imine (C=N–C) groups is 1. The van der Waals surface area contributed by atoms with Gasteiger partial charge in [0.25, 0.3) is 0 Å². The average Bonchev–Trinajstić information content (AvgIpc) is 3.21. The van der Waals surface area contributed by atoms with Crippen LogP contribution in [0.2, 0.25) is 0 Å². The smallest absolute Gasteiger partial charge is 0.193 e. The number of hydrogen-bond donors (Lipinski definition) is 2. The number of nitrogens with two attached hydrogens (primary N) is 1. The van der Waals surface area contributed by atoms with Crippen LogP contribution in [-0.2, 0) is 19.4 Å². The van der Waals surface area contributed by atoms with Gasteiger partial charge in [0.2, 0.25) is 0 Å². The molecule has 28 heavy (non-hydrogen) atoms. The summed E-state index contributed by atoms with van der Waals surface area (Å²) >= 11 is 0. The summed E-state index contributed by atoms with van der Waals surface area (Å²) in [6.07, 6.45) is 7.31. The van der Waals surface area contributed by atoms with E-state index in [0.29, 0.717) is 12.5 Å². The van der Waals surface area contributed by atoms with E-state index < -0.39 is 0 Å². The minimum absolute atomic E-state index is 0. The van der Waals surface area contributed by atoms with Crippen molar-refractivity contribution in [3.05, 3.63) is 52.7 Å². The molecular formula is C22H30IN5. The zero-order valence-electron chi connectivity index (χ0n) is 16.6. The molecule has 4 rings (SSSR count). The highest BCUT2D eigenvalue weighted by molar-refractivity contribution is 14.0. The summed E-state index contributed by atoms with van der Waals surface area (Å²) in [6, 6.07) is 10.7. The molecule has 5 nitrogen and oxygen atoms in total. The molecular weight excluding hydrogens is 461 g/mol. The number of nitrogens with one attached hydrogen (secondary N) is 1. The van der Waals surface area contributed by atoms with Crippen LogP contribution in [0.5, 0.6) is 0 Å². The van der Waals surface area contributed by atoms with Gasteiger partial charge in [-0.25, -0.2) is 9.98 Å². The number of guanidine groups is 1. The number of benzene rings is 1. The Kier molecular flexibility index (Phi) is 7.15. The van der Waals surface area contributed by atoms with E-state index in [1.54, 1.807) is 0 Å². The van der Waals surface area contributed by atoms with Gasteiger partial charge >= 0.3 is 0 Å². The minimum atomic E-state index is 0. The van der Waals surface area contributed by atoms with Crippen molar-refractivity contribution >= 4 is 41.4 Å². The zero-order chi connectivity index (χ0) is 18.6. The van der Waals surface area contributed by atoms with E-state index in [1.807, 2.05) is 6.92 Å². The van der Waals surface area contributed by atoms with Crippen LogP contribution in [0.15, 0.2) is 35.3 Å². The van der Waals surface area contributed by atoms with Gasteiger partial charge in [-0.2, -0.15) is 0 Å². The Hall–Kier alpha value is -1.83. The number of nitrogens with zero attached hydrogens (tertiary/aromatic N) is 3. The number of rotatable bonds is 4. The quantitative estimate of drug-likeness (QED) is 0.378. The average molecular weight is 491 g/mol. The number of aromatic nitrogens is 1. The Morgan fingerprint density at radius 3 is 2.75 bits per heavy atom. The predicted octanol–water partition coefficient (Wildman–Crippen LogP) is 4.41. The summed E-state index contributed by atoms with van der Waals surface area (Å²) in [5, 5.41) is 3.33. The van der Waals surface area contributed by atoms with Crippen LogP contribution in [-0.4, -0.2) is 24.0 Å². The first-order valence-electron chi connectivity index (χ1n) is 10.1. The fraction of sp³-hybridized carbons (Fsp3) is 0.455. The Morgan fingerprint density at radius 2 is 1.93 bits per heavy atom. The third-order valence-corrected chi connectivity index (χ3v) is 5.52. The second-order valence-electron chi connectivity index (χ2n) is 7.65. The molecule has 2 heterocycles. The van der Waals surface area contributed by atoms with Gasteiger partial charge in [0.1, 0.15) is 5.82 Å². The molecule has 1 aromatic heterocycles. The third-order valence-electron chi connectivity index (χ3n) is 5.52. The van der Waals surface area contributed by atoms with Crippen LogP contribution < -0.4 is 16.0 Å². The van der Waals surface area contributed by atoms with Crippen molar-refractivity contribution in [2.24, 2.45) is 10.7 Å². The van der Waals surface area contributed by atoms with E-state index in [-0.39, 0.29) is 24.0 Å². The van der Waals surface area contributed by atoms with E-state index in [9.17, 15) is 0 Å². The van der Waals surface area contributed by atoms with Crippen molar-refractivity contribution in [3.63, 3.8) is 0 Å². The lowest BCUT2D eigenvalue weighted by molar-refractivity contribution is 0.687. The van der Waals surface area contributed by atoms with E-state index in [2.05, 4.69) is 50.5 Å². The molecule has 1 aliphatic carbocycles. The van der Waals surface area contributed by atoms with Gasteiger partial charge in [-0.1, -0.05) is 12.1 Å². The maximum Gasteiger partial charge on any atom is 0.193 e. The Labute approximate surface area is 184 Å². The van der Waals surface area contributed by atoms with Crippen molar-refractivity contribution in [2.75, 3.05) is 23.3 Å². The molecule has 0 unspecified atom stereocenters. The fourth-order valence-corrected chi connectivity index (χ4v) is 4.17. The van der Waals surface area contributed by atoms with Crippen LogP contribution in [0.4, 0.5) is 11.5 Å². The maximum atomic E-state index is 6.20. The molecule has 0 radical (unpaired) electrons. The van der Waals surface area contributed by atoms with Crippen molar-refractivity contribution in [1.29, 1.82) is 0 Å². The van der Waals surface area contributed by atoms with Crippen LogP contribution >= 0.6 is 24.0 Å². The van der Waals surface area contributed by atoms with Gasteiger partial charge in [0.05, 0.1) is 6.54 Å². The lowest BCUT2D eigenvalue weighted by atomic mass is 9.90. The highest BCUT2D eigenvalue weighted by atomic mass is 127. The van der Waals surface area contributed by atoms with Crippen LogP contribution in [0.25, 0.3) is 0 Å². The van der Waals surface area contributed by atoms with Crippen LogP contribution in [0.1, 0.15) is 48.1 Å². The first kappa shape index (κ1) is 20.9. The van der Waals surface area contributed by atoms with Crippen molar-refractivity contribution in [1.82, 2.24) is 4.98 Å². The first-order valence-corrected chi connectivity index (χ1v) is 10.1.